The maximum atomic E-state index is 12.1. The van der Waals surface area contributed by atoms with E-state index in [0.717, 1.165) is 30.2 Å². The molecule has 0 aromatic heterocycles. The molecule has 0 radical (unpaired) electrons. The van der Waals surface area contributed by atoms with Gasteiger partial charge in [0.1, 0.15) is 0 Å². The maximum absolute atomic E-state index is 12.1. The molecule has 0 aliphatic carbocycles. The largest absolute Gasteiger partial charge is 0.338 e. The van der Waals surface area contributed by atoms with Gasteiger partial charge in [0.05, 0.1) is 5.75 Å². The van der Waals surface area contributed by atoms with Crippen molar-refractivity contribution in [2.45, 2.75) is 24.6 Å². The highest BCUT2D eigenvalue weighted by Crippen LogP contribution is 2.20. The van der Waals surface area contributed by atoms with Crippen LogP contribution in [0.5, 0.6) is 0 Å². The van der Waals surface area contributed by atoms with E-state index in [2.05, 4.69) is 0 Å². The summed E-state index contributed by atoms with van der Waals surface area (Å²) in [6.07, 6.45) is 2.12. The van der Waals surface area contributed by atoms with Gasteiger partial charge in [-0.1, -0.05) is 23.7 Å². The molecule has 19 heavy (non-hydrogen) atoms. The minimum Gasteiger partial charge on any atom is -0.338 e. The predicted molar refractivity (Wildman–Crippen MR) is 81.4 cm³/mol. The molecule has 1 aromatic rings. The van der Waals surface area contributed by atoms with Crippen LogP contribution in [-0.4, -0.2) is 35.7 Å². The molecule has 1 fully saturated rings. The normalized spacial score (nSPS) is 18.8. The van der Waals surface area contributed by atoms with Crippen molar-refractivity contribution in [3.63, 3.8) is 0 Å². The minimum atomic E-state index is 0.215. The van der Waals surface area contributed by atoms with Crippen molar-refractivity contribution < 1.29 is 4.79 Å². The fraction of sp³-hybridized carbons (Fsp3) is 0.500. The lowest BCUT2D eigenvalue weighted by Crippen LogP contribution is -2.40. The Balaban J connectivity index is 1.76. The summed E-state index contributed by atoms with van der Waals surface area (Å²) in [4.78, 5) is 14.0. The fourth-order valence-corrected chi connectivity index (χ4v) is 3.33. The average molecular weight is 299 g/mol. The lowest BCUT2D eigenvalue weighted by molar-refractivity contribution is -0.128. The lowest BCUT2D eigenvalue weighted by atomic mass is 10.2. The summed E-state index contributed by atoms with van der Waals surface area (Å²) in [5, 5.41) is 0.743. The lowest BCUT2D eigenvalue weighted by Gasteiger charge is -2.23. The number of carbonyl (C=O) groups is 1. The van der Waals surface area contributed by atoms with Gasteiger partial charge >= 0.3 is 0 Å². The Morgan fingerprint density at radius 3 is 2.84 bits per heavy atom. The summed E-state index contributed by atoms with van der Waals surface area (Å²) in [6.45, 7) is 1.44. The quantitative estimate of drug-likeness (QED) is 0.908. The molecule has 2 N–H and O–H groups in total. The van der Waals surface area contributed by atoms with Gasteiger partial charge in [-0.3, -0.25) is 4.79 Å². The number of nitrogens with zero attached hydrogens (tertiary/aromatic N) is 1. The molecule has 104 valence electrons. The summed E-state index contributed by atoms with van der Waals surface area (Å²) in [7, 11) is 0. The van der Waals surface area contributed by atoms with Crippen LogP contribution < -0.4 is 5.73 Å². The second kappa shape index (κ2) is 7.17. The van der Waals surface area contributed by atoms with Crippen molar-refractivity contribution in [3.05, 3.63) is 34.9 Å². The van der Waals surface area contributed by atoms with Gasteiger partial charge < -0.3 is 10.6 Å². The first-order valence-corrected chi connectivity index (χ1v) is 8.05. The van der Waals surface area contributed by atoms with Gasteiger partial charge in [-0.15, -0.1) is 11.8 Å². The van der Waals surface area contributed by atoms with E-state index < -0.39 is 0 Å². The Hall–Kier alpha value is -0.710. The van der Waals surface area contributed by atoms with Gasteiger partial charge in [-0.05, 0) is 30.5 Å². The van der Waals surface area contributed by atoms with Crippen LogP contribution >= 0.6 is 23.4 Å². The Bertz CT molecular complexity index is 424. The summed E-state index contributed by atoms with van der Waals surface area (Å²) in [5.74, 6) is 1.58. The van der Waals surface area contributed by atoms with E-state index >= 15 is 0 Å². The predicted octanol–water partition coefficient (Wildman–Crippen LogP) is 2.52. The number of likely N-dealkylation sites (tertiary alicyclic amines) is 1. The monoisotopic (exact) mass is 298 g/mol. The van der Waals surface area contributed by atoms with Crippen molar-refractivity contribution in [1.82, 2.24) is 4.90 Å². The average Bonchev–Trinajstić information content (AvgIpc) is 2.89. The van der Waals surface area contributed by atoms with Crippen LogP contribution in [-0.2, 0) is 10.5 Å². The molecule has 0 bridgehead atoms. The van der Waals surface area contributed by atoms with E-state index in [4.69, 9.17) is 17.3 Å². The van der Waals surface area contributed by atoms with E-state index in [1.165, 1.54) is 5.56 Å². The molecule has 1 saturated heterocycles. The number of halogens is 1. The number of carbonyl (C=O) groups excluding carboxylic acids is 1. The molecular weight excluding hydrogens is 280 g/mol. The van der Waals surface area contributed by atoms with E-state index in [-0.39, 0.29) is 11.9 Å². The molecule has 3 nitrogen and oxygen atoms in total. The van der Waals surface area contributed by atoms with E-state index in [9.17, 15) is 4.79 Å². The second-order valence-corrected chi connectivity index (χ2v) is 6.16. The van der Waals surface area contributed by atoms with Crippen LogP contribution in [0.25, 0.3) is 0 Å². The molecule has 0 saturated carbocycles. The highest BCUT2D eigenvalue weighted by molar-refractivity contribution is 7.99. The summed E-state index contributed by atoms with van der Waals surface area (Å²) < 4.78 is 0. The Labute approximate surface area is 123 Å². The third-order valence-corrected chi connectivity index (χ3v) is 4.62. The first-order chi connectivity index (χ1) is 9.20. The summed E-state index contributed by atoms with van der Waals surface area (Å²) in [6, 6.07) is 8.01. The van der Waals surface area contributed by atoms with E-state index in [0.29, 0.717) is 12.3 Å². The Kier molecular flexibility index (Phi) is 5.55. The molecule has 1 aromatic carbocycles. The number of thioether (sulfide) groups is 1. The van der Waals surface area contributed by atoms with Crippen LogP contribution in [0.2, 0.25) is 5.02 Å². The second-order valence-electron chi connectivity index (χ2n) is 4.74. The van der Waals surface area contributed by atoms with Crippen molar-refractivity contribution in [2.75, 3.05) is 18.8 Å². The van der Waals surface area contributed by atoms with Crippen molar-refractivity contribution in [3.8, 4) is 0 Å². The molecule has 1 amide bonds. The Morgan fingerprint density at radius 1 is 1.42 bits per heavy atom. The van der Waals surface area contributed by atoms with Crippen molar-refractivity contribution in [1.29, 1.82) is 0 Å². The van der Waals surface area contributed by atoms with Gasteiger partial charge in [0.15, 0.2) is 0 Å². The molecule has 1 unspecified atom stereocenters. The van der Waals surface area contributed by atoms with E-state index in [1.54, 1.807) is 11.8 Å². The third kappa shape index (κ3) is 4.13. The van der Waals surface area contributed by atoms with Gasteiger partial charge in [-0.2, -0.15) is 0 Å². The number of rotatable bonds is 5. The molecule has 2 rings (SSSR count). The zero-order valence-corrected chi connectivity index (χ0v) is 12.4. The standard InChI is InChI=1S/C14H19ClN2OS/c15-12-5-3-11(4-6-12)9-19-10-14(18)17-7-1-2-13(17)8-16/h3-6,13H,1-2,7-10,16H2. The minimum absolute atomic E-state index is 0.215. The van der Waals surface area contributed by atoms with Crippen LogP contribution in [0.4, 0.5) is 0 Å². The summed E-state index contributed by atoms with van der Waals surface area (Å²) in [5.41, 5.74) is 6.88. The number of hydrogen-bond donors (Lipinski definition) is 1. The number of amides is 1. The van der Waals surface area contributed by atoms with Crippen molar-refractivity contribution >= 4 is 29.3 Å². The van der Waals surface area contributed by atoms with Gasteiger partial charge in [0.2, 0.25) is 5.91 Å². The molecule has 1 aliphatic heterocycles. The topological polar surface area (TPSA) is 46.3 Å². The highest BCUT2D eigenvalue weighted by atomic mass is 35.5. The van der Waals surface area contributed by atoms with E-state index in [1.807, 2.05) is 29.2 Å². The zero-order chi connectivity index (χ0) is 13.7. The maximum Gasteiger partial charge on any atom is 0.232 e. The molecule has 5 heteroatoms. The molecule has 1 aliphatic rings. The van der Waals surface area contributed by atoms with Crippen LogP contribution in [0.15, 0.2) is 24.3 Å². The zero-order valence-electron chi connectivity index (χ0n) is 10.8. The first kappa shape index (κ1) is 14.7. The molecular formula is C14H19ClN2OS. The fourth-order valence-electron chi connectivity index (χ4n) is 2.33. The highest BCUT2D eigenvalue weighted by Gasteiger charge is 2.26. The number of benzene rings is 1. The third-order valence-electron chi connectivity index (χ3n) is 3.38. The van der Waals surface area contributed by atoms with Gasteiger partial charge in [0, 0.05) is 29.9 Å². The number of hydrogen-bond acceptors (Lipinski definition) is 3. The van der Waals surface area contributed by atoms with Crippen molar-refractivity contribution in [2.24, 2.45) is 5.73 Å². The van der Waals surface area contributed by atoms with Gasteiger partial charge in [-0.25, -0.2) is 0 Å². The molecule has 1 atom stereocenters. The molecule has 1 heterocycles. The smallest absolute Gasteiger partial charge is 0.232 e. The Morgan fingerprint density at radius 2 is 2.16 bits per heavy atom. The van der Waals surface area contributed by atoms with Crippen LogP contribution in [0.1, 0.15) is 18.4 Å². The molecule has 0 spiro atoms. The first-order valence-electron chi connectivity index (χ1n) is 6.52. The summed E-state index contributed by atoms with van der Waals surface area (Å²) >= 11 is 7.48. The van der Waals surface area contributed by atoms with Crippen LogP contribution in [0.3, 0.4) is 0 Å². The van der Waals surface area contributed by atoms with Crippen LogP contribution in [0, 0.1) is 0 Å². The number of nitrogens with two attached hydrogens (primary N) is 1. The SMILES string of the molecule is NCC1CCCN1C(=O)CSCc1ccc(Cl)cc1. The van der Waals surface area contributed by atoms with Gasteiger partial charge in [0.25, 0.3) is 0 Å².